The van der Waals surface area contributed by atoms with Crippen molar-refractivity contribution in [3.05, 3.63) is 376 Å². The van der Waals surface area contributed by atoms with Crippen molar-refractivity contribution in [1.29, 1.82) is 0 Å². The average Bonchev–Trinajstić information content (AvgIpc) is 0.741. The normalized spacial score (nSPS) is 12.2. The third-order valence-corrected chi connectivity index (χ3v) is 23.5. The molecule has 4 aromatic heterocycles. The molecule has 0 saturated heterocycles. The molecule has 0 aliphatic rings. The van der Waals surface area contributed by atoms with Crippen LogP contribution in [0.1, 0.15) is 19.6 Å². The van der Waals surface area contributed by atoms with Crippen molar-refractivity contribution in [3.63, 3.8) is 0 Å². The summed E-state index contributed by atoms with van der Waals surface area (Å²) in [6.07, 6.45) is 4.12. The van der Waals surface area contributed by atoms with Gasteiger partial charge < -0.3 is 19.9 Å². The molecule has 18 aromatic rings. The van der Waals surface area contributed by atoms with Crippen LogP contribution in [-0.4, -0.2) is 36.1 Å². The molecule has 0 N–H and O–H groups in total. The van der Waals surface area contributed by atoms with E-state index in [4.69, 9.17) is 18.2 Å². The molecule has 4 heterocycles. The maximum atomic E-state index is 7.29. The summed E-state index contributed by atoms with van der Waals surface area (Å²) in [7, 11) is -2.78. The van der Waals surface area contributed by atoms with E-state index in [-0.39, 0.29) is 51.6 Å². The third-order valence-electron chi connectivity index (χ3n) is 19.4. The van der Waals surface area contributed by atoms with Gasteiger partial charge in [0.1, 0.15) is 0 Å². The predicted molar refractivity (Wildman–Crippen MR) is 456 cm³/mol. The van der Waals surface area contributed by atoms with Crippen LogP contribution in [-0.2, 0) is 40.2 Å². The molecule has 14 aromatic carbocycles. The van der Waals surface area contributed by atoms with Gasteiger partial charge in [-0.25, -0.2) is 0 Å². The summed E-state index contributed by atoms with van der Waals surface area (Å²) in [5.74, 6) is 0. The van der Waals surface area contributed by atoms with Gasteiger partial charge in [0.25, 0.3) is 0 Å². The first-order chi connectivity index (χ1) is 54.1. The fraction of sp³-hybridized carbons (Fsp3) is 0.0800. The monoisotopic (exact) mass is 1780 g/mol. The molecule has 8 heteroatoms. The van der Waals surface area contributed by atoms with E-state index in [0.29, 0.717) is 11.4 Å². The summed E-state index contributed by atoms with van der Waals surface area (Å²) in [6.45, 7) is 9.81. The van der Waals surface area contributed by atoms with Gasteiger partial charge in [0, 0.05) is 72.2 Å². The average molecular weight is 1780 g/mol. The summed E-state index contributed by atoms with van der Waals surface area (Å²) in [5.41, 5.74) is 16.9. The Balaban J connectivity index is 0.000000143. The van der Waals surface area contributed by atoms with E-state index in [1.54, 1.807) is 36.4 Å². The molecule has 4 nitrogen and oxygen atoms in total. The number of hydrogen-bond donors (Lipinski definition) is 0. The summed E-state index contributed by atoms with van der Waals surface area (Å²) in [6, 6.07) is 126. The molecule has 0 fully saturated rings. The quantitative estimate of drug-likeness (QED) is 0.0778. The summed E-state index contributed by atoms with van der Waals surface area (Å²) >= 11 is 0. The number of pyridine rings is 4. The second-order valence-corrected chi connectivity index (χ2v) is 38.7. The van der Waals surface area contributed by atoms with Gasteiger partial charge in [0.2, 0.25) is 0 Å². The first kappa shape index (κ1) is 67.6. The van der Waals surface area contributed by atoms with Crippen molar-refractivity contribution < 1.29 is 48.4 Å². The molecule has 18 rings (SSSR count). The first-order valence-electron chi connectivity index (χ1n) is 38.8. The van der Waals surface area contributed by atoms with E-state index < -0.39 is 29.9 Å². The first-order valence-corrected chi connectivity index (χ1v) is 42.8. The molecule has 2 radical (unpaired) electrons. The molecule has 0 aliphatic carbocycles. The number of aromatic nitrogens is 4. The maximum Gasteiger partial charge on any atom is 0.0795 e. The van der Waals surface area contributed by atoms with Crippen LogP contribution in [0.15, 0.2) is 340 Å². The predicted octanol–water partition coefficient (Wildman–Crippen LogP) is 25.5. The number of aryl methyl sites for hydroxylation is 2. The van der Waals surface area contributed by atoms with Crippen LogP contribution >= 0.6 is 0 Å². The minimum Gasteiger partial charge on any atom is -0.305 e. The Kier molecular flexibility index (Phi) is 20.9. The van der Waals surface area contributed by atoms with Crippen LogP contribution < -0.4 is 10.4 Å². The zero-order valence-electron chi connectivity index (χ0n) is 66.8. The molecular formula is C100H80Ir2N4Si2-4. The molecule has 0 aliphatic heterocycles. The van der Waals surface area contributed by atoms with Gasteiger partial charge in [-0.05, 0) is 154 Å². The van der Waals surface area contributed by atoms with E-state index in [2.05, 4.69) is 329 Å². The zero-order chi connectivity index (χ0) is 77.7. The van der Waals surface area contributed by atoms with Crippen molar-refractivity contribution in [2.75, 3.05) is 0 Å². The third kappa shape index (κ3) is 16.9. The number of hydrogen-bond acceptors (Lipinski definition) is 4. The maximum absolute atomic E-state index is 7.29. The molecule has 0 bridgehead atoms. The van der Waals surface area contributed by atoms with Crippen LogP contribution in [0.5, 0.6) is 0 Å². The standard InChI is InChI=1S/2C38H30NSi.2C12H10N.2Ir/c1-40(2,3)31-18-21-38(39-25-31)30-17-20-35-34-19-16-29(23-36(34)32-14-7-8-15-33(32)37(35)24-30)28-13-9-12-27(22-28)26-10-5-4-6-11-26;1-40(2,3)31-19-22-38(39-25-31)30-18-21-35-34-20-17-29(23-36(34)32-11-7-8-12-33(32)37(35)24-30)28-15-13-27(14-16-28)26-9-5-4-6-10-26;2*1-10-6-5-9-12(13-10)11-7-3-2-4-8-11;;/h4-16,18-25H,1-3H3;4-17,19-25H,1-3H3;2*2-7,9H,1H3;;/q4*-1;;/i;;2*1D3;;. The Hall–Kier alpha value is -11.0. The minimum atomic E-state index is -2.16. The van der Waals surface area contributed by atoms with Gasteiger partial charge in [0.05, 0.1) is 16.1 Å². The van der Waals surface area contributed by atoms with E-state index in [0.717, 1.165) is 33.6 Å². The van der Waals surface area contributed by atoms with Crippen molar-refractivity contribution >= 4 is 91.2 Å². The number of fused-ring (bicyclic) bond motifs is 12. The van der Waals surface area contributed by atoms with Gasteiger partial charge in [0.15, 0.2) is 0 Å². The van der Waals surface area contributed by atoms with Gasteiger partial charge in [-0.2, -0.15) is 0 Å². The summed E-state index contributed by atoms with van der Waals surface area (Å²) < 4.78 is 43.8. The van der Waals surface area contributed by atoms with Crippen LogP contribution in [0.25, 0.3) is 154 Å². The topological polar surface area (TPSA) is 51.6 Å². The molecule has 0 saturated carbocycles. The van der Waals surface area contributed by atoms with Crippen molar-refractivity contribution in [2.45, 2.75) is 53.0 Å². The molecule has 108 heavy (non-hydrogen) atoms. The van der Waals surface area contributed by atoms with Gasteiger partial charge in [-0.3, -0.25) is 0 Å². The Morgan fingerprint density at radius 2 is 0.583 bits per heavy atom. The number of rotatable bonds is 10. The Morgan fingerprint density at radius 3 is 0.981 bits per heavy atom. The Morgan fingerprint density at radius 1 is 0.250 bits per heavy atom. The smallest absolute Gasteiger partial charge is 0.0795 e. The molecular weight excluding hydrogens is 1700 g/mol. The van der Waals surface area contributed by atoms with Gasteiger partial charge in [-0.1, -0.05) is 296 Å². The van der Waals surface area contributed by atoms with Crippen LogP contribution in [0.2, 0.25) is 39.3 Å². The molecule has 0 atom stereocenters. The van der Waals surface area contributed by atoms with Crippen molar-refractivity contribution in [3.8, 4) is 89.5 Å². The minimum absolute atomic E-state index is 0. The van der Waals surface area contributed by atoms with E-state index in [9.17, 15) is 0 Å². The summed E-state index contributed by atoms with van der Waals surface area (Å²) in [4.78, 5) is 17.9. The van der Waals surface area contributed by atoms with Gasteiger partial charge in [-0.15, -0.1) is 119 Å². The zero-order valence-corrected chi connectivity index (χ0v) is 67.6. The fourth-order valence-electron chi connectivity index (χ4n) is 13.7. The second kappa shape index (κ2) is 33.4. The van der Waals surface area contributed by atoms with E-state index in [1.807, 2.05) is 36.4 Å². The van der Waals surface area contributed by atoms with Crippen molar-refractivity contribution in [2.24, 2.45) is 0 Å². The second-order valence-electron chi connectivity index (χ2n) is 28.6. The van der Waals surface area contributed by atoms with E-state index in [1.165, 1.54) is 132 Å². The van der Waals surface area contributed by atoms with E-state index >= 15 is 0 Å². The molecule has 0 unspecified atom stereocenters. The Labute approximate surface area is 672 Å². The van der Waals surface area contributed by atoms with Crippen molar-refractivity contribution in [1.82, 2.24) is 19.9 Å². The Bertz CT molecular complexity index is 6270. The molecule has 0 spiro atoms. The van der Waals surface area contributed by atoms with Crippen LogP contribution in [0.3, 0.4) is 0 Å². The van der Waals surface area contributed by atoms with Crippen LogP contribution in [0.4, 0.5) is 0 Å². The van der Waals surface area contributed by atoms with Crippen LogP contribution in [0, 0.1) is 38.0 Å². The number of nitrogens with zero attached hydrogens (tertiary/aromatic N) is 4. The number of benzene rings is 14. The molecule has 530 valence electrons. The molecule has 0 amide bonds. The fourth-order valence-corrected chi connectivity index (χ4v) is 15.8. The summed E-state index contributed by atoms with van der Waals surface area (Å²) in [5, 5.41) is 17.8. The van der Waals surface area contributed by atoms with Gasteiger partial charge >= 0.3 is 0 Å². The SMILES string of the molecule is C[Si](C)(C)c1ccc(-c2[c-]cc3c4ccc(-c5ccc(-c6ccccc6)cc5)cc4c4ccccc4c3c2)nc1.C[Si](C)(C)c1ccc(-c2[c-]cc3c4ccc(-c5cccc(-c6ccccc6)c5)cc4c4ccccc4c3c2)nc1.[2H]C([2H])([2H])c1cccc(-c2[c-]cccc2)n1.[2H]C([2H])([2H])c1cccc(-c2[c-]cccc2)n1.[Ir].[Ir]. The largest absolute Gasteiger partial charge is 0.305 e.